The molecule has 0 bridgehead atoms. The number of carbonyl (C=O) groups is 1. The van der Waals surface area contributed by atoms with Crippen LogP contribution in [0.2, 0.25) is 0 Å². The smallest absolute Gasteiger partial charge is 0.265 e. The molecule has 3 aromatic rings. The predicted octanol–water partition coefficient (Wildman–Crippen LogP) is 2.89. The van der Waals surface area contributed by atoms with E-state index in [0.29, 0.717) is 4.88 Å². The van der Waals surface area contributed by atoms with E-state index < -0.39 is 0 Å². The summed E-state index contributed by atoms with van der Waals surface area (Å²) in [6, 6.07) is 9.43. The Hall–Kier alpha value is -2.14. The summed E-state index contributed by atoms with van der Waals surface area (Å²) in [5, 5.41) is 10.0. The van der Waals surface area contributed by atoms with E-state index in [4.69, 9.17) is 0 Å². The number of hydrogen-bond acceptors (Lipinski definition) is 3. The number of fused-ring (bicyclic) bond motifs is 1. The fraction of sp³-hybridized carbons (Fsp3) is 0.0769. The van der Waals surface area contributed by atoms with Crippen molar-refractivity contribution < 1.29 is 4.79 Å². The van der Waals surface area contributed by atoms with E-state index >= 15 is 0 Å². The number of rotatable bonds is 2. The van der Waals surface area contributed by atoms with Crippen LogP contribution in [0.4, 0.5) is 5.69 Å². The topological polar surface area (TPSA) is 46.9 Å². The van der Waals surface area contributed by atoms with Crippen molar-refractivity contribution in [2.45, 2.75) is 0 Å². The van der Waals surface area contributed by atoms with Gasteiger partial charge in [-0.1, -0.05) is 6.07 Å². The Bertz CT molecular complexity index is 700. The van der Waals surface area contributed by atoms with Gasteiger partial charge in [0.25, 0.3) is 5.91 Å². The molecule has 2 aromatic heterocycles. The third-order valence-electron chi connectivity index (χ3n) is 2.75. The van der Waals surface area contributed by atoms with Gasteiger partial charge in [0.05, 0.1) is 16.6 Å². The van der Waals surface area contributed by atoms with Crippen molar-refractivity contribution in [2.75, 3.05) is 5.32 Å². The van der Waals surface area contributed by atoms with Crippen LogP contribution < -0.4 is 5.32 Å². The second-order valence-electron chi connectivity index (χ2n) is 3.97. The van der Waals surface area contributed by atoms with Crippen LogP contribution in [0.1, 0.15) is 9.67 Å². The summed E-state index contributed by atoms with van der Waals surface area (Å²) in [6.07, 6.45) is 1.81. The normalized spacial score (nSPS) is 10.7. The van der Waals surface area contributed by atoms with Gasteiger partial charge in [-0.25, -0.2) is 0 Å². The molecule has 0 aliphatic rings. The molecule has 5 heteroatoms. The van der Waals surface area contributed by atoms with Gasteiger partial charge >= 0.3 is 0 Å². The zero-order chi connectivity index (χ0) is 12.5. The molecule has 4 nitrogen and oxygen atoms in total. The van der Waals surface area contributed by atoms with E-state index in [-0.39, 0.29) is 5.91 Å². The fourth-order valence-corrected chi connectivity index (χ4v) is 2.44. The first kappa shape index (κ1) is 11.0. The SMILES string of the molecule is Cn1ncc2ccc(NC(=O)c3cccs3)cc21. The first-order chi connectivity index (χ1) is 8.74. The average Bonchev–Trinajstić information content (AvgIpc) is 3.00. The summed E-state index contributed by atoms with van der Waals surface area (Å²) in [5.74, 6) is -0.0773. The molecule has 0 spiro atoms. The molecule has 18 heavy (non-hydrogen) atoms. The minimum Gasteiger partial charge on any atom is -0.321 e. The largest absolute Gasteiger partial charge is 0.321 e. The lowest BCUT2D eigenvalue weighted by molar-refractivity contribution is 0.103. The number of aryl methyl sites for hydroxylation is 1. The van der Waals surface area contributed by atoms with Gasteiger partial charge in [0.15, 0.2) is 0 Å². The number of amides is 1. The Balaban J connectivity index is 1.91. The standard InChI is InChI=1S/C13H11N3OS/c1-16-11-7-10(5-4-9(11)8-14-16)15-13(17)12-3-2-6-18-12/h2-8H,1H3,(H,15,17). The predicted molar refractivity (Wildman–Crippen MR) is 73.0 cm³/mol. The van der Waals surface area contributed by atoms with Gasteiger partial charge in [-0.15, -0.1) is 11.3 Å². The van der Waals surface area contributed by atoms with Crippen LogP contribution in [0.3, 0.4) is 0 Å². The summed E-state index contributed by atoms with van der Waals surface area (Å²) in [4.78, 5) is 12.6. The van der Waals surface area contributed by atoms with E-state index in [1.54, 1.807) is 10.9 Å². The molecule has 0 aliphatic carbocycles. The average molecular weight is 257 g/mol. The summed E-state index contributed by atoms with van der Waals surface area (Å²) in [7, 11) is 1.88. The van der Waals surface area contributed by atoms with E-state index in [2.05, 4.69) is 10.4 Å². The van der Waals surface area contributed by atoms with Crippen molar-refractivity contribution >= 4 is 33.8 Å². The van der Waals surface area contributed by atoms with Gasteiger partial charge in [0.1, 0.15) is 0 Å². The van der Waals surface area contributed by atoms with Crippen molar-refractivity contribution in [1.29, 1.82) is 0 Å². The van der Waals surface area contributed by atoms with Gasteiger partial charge in [-0.3, -0.25) is 9.48 Å². The third-order valence-corrected chi connectivity index (χ3v) is 3.62. The quantitative estimate of drug-likeness (QED) is 0.767. The summed E-state index contributed by atoms with van der Waals surface area (Å²) >= 11 is 1.43. The van der Waals surface area contributed by atoms with Gasteiger partial charge < -0.3 is 5.32 Å². The van der Waals surface area contributed by atoms with Crippen molar-refractivity contribution in [1.82, 2.24) is 9.78 Å². The maximum Gasteiger partial charge on any atom is 0.265 e. The van der Waals surface area contributed by atoms with Crippen LogP contribution in [-0.2, 0) is 7.05 Å². The molecular weight excluding hydrogens is 246 g/mol. The molecule has 2 heterocycles. The second kappa shape index (κ2) is 4.27. The van der Waals surface area contributed by atoms with E-state index in [9.17, 15) is 4.79 Å². The number of hydrogen-bond donors (Lipinski definition) is 1. The lowest BCUT2D eigenvalue weighted by Crippen LogP contribution is -2.09. The molecule has 0 saturated heterocycles. The van der Waals surface area contributed by atoms with Crippen molar-refractivity contribution in [3.05, 3.63) is 46.8 Å². The minimum absolute atomic E-state index is 0.0773. The van der Waals surface area contributed by atoms with E-state index in [1.165, 1.54) is 11.3 Å². The van der Waals surface area contributed by atoms with Crippen LogP contribution in [0.25, 0.3) is 10.9 Å². The van der Waals surface area contributed by atoms with Crippen LogP contribution >= 0.6 is 11.3 Å². The molecule has 3 rings (SSSR count). The van der Waals surface area contributed by atoms with E-state index in [0.717, 1.165) is 16.6 Å². The summed E-state index contributed by atoms with van der Waals surface area (Å²) < 4.78 is 1.79. The molecule has 1 aromatic carbocycles. The molecule has 0 saturated carbocycles. The Kier molecular flexibility index (Phi) is 2.60. The number of thiophene rings is 1. The van der Waals surface area contributed by atoms with E-state index in [1.807, 2.05) is 42.8 Å². The lowest BCUT2D eigenvalue weighted by atomic mass is 10.2. The lowest BCUT2D eigenvalue weighted by Gasteiger charge is -2.04. The fourth-order valence-electron chi connectivity index (χ4n) is 1.82. The number of anilines is 1. The number of aromatic nitrogens is 2. The molecule has 0 unspecified atom stereocenters. The third kappa shape index (κ3) is 1.89. The maximum atomic E-state index is 11.9. The number of benzene rings is 1. The molecule has 1 N–H and O–H groups in total. The molecule has 0 radical (unpaired) electrons. The van der Waals surface area contributed by atoms with Crippen LogP contribution in [-0.4, -0.2) is 15.7 Å². The monoisotopic (exact) mass is 257 g/mol. The Morgan fingerprint density at radius 1 is 1.39 bits per heavy atom. The highest BCUT2D eigenvalue weighted by atomic mass is 32.1. The maximum absolute atomic E-state index is 11.9. The first-order valence-corrected chi connectivity index (χ1v) is 6.38. The highest BCUT2D eigenvalue weighted by molar-refractivity contribution is 7.12. The summed E-state index contributed by atoms with van der Waals surface area (Å²) in [5.41, 5.74) is 1.78. The molecule has 0 atom stereocenters. The molecule has 1 amide bonds. The number of nitrogens with zero attached hydrogens (tertiary/aromatic N) is 2. The van der Waals surface area contributed by atoms with Crippen molar-refractivity contribution in [3.63, 3.8) is 0 Å². The van der Waals surface area contributed by atoms with Gasteiger partial charge in [-0.2, -0.15) is 5.10 Å². The van der Waals surface area contributed by atoms with Crippen LogP contribution in [0, 0.1) is 0 Å². The Morgan fingerprint density at radius 2 is 2.28 bits per heavy atom. The molecular formula is C13H11N3OS. The van der Waals surface area contributed by atoms with Crippen molar-refractivity contribution in [2.24, 2.45) is 7.05 Å². The van der Waals surface area contributed by atoms with Crippen molar-refractivity contribution in [3.8, 4) is 0 Å². The molecule has 90 valence electrons. The number of carbonyl (C=O) groups excluding carboxylic acids is 1. The highest BCUT2D eigenvalue weighted by Crippen LogP contribution is 2.19. The zero-order valence-electron chi connectivity index (χ0n) is 9.75. The summed E-state index contributed by atoms with van der Waals surface area (Å²) in [6.45, 7) is 0. The number of nitrogens with one attached hydrogen (secondary N) is 1. The minimum atomic E-state index is -0.0773. The van der Waals surface area contributed by atoms with Gasteiger partial charge in [-0.05, 0) is 29.6 Å². The van der Waals surface area contributed by atoms with Gasteiger partial charge in [0, 0.05) is 18.1 Å². The second-order valence-corrected chi connectivity index (χ2v) is 4.92. The zero-order valence-corrected chi connectivity index (χ0v) is 10.6. The molecule has 0 aliphatic heterocycles. The van der Waals surface area contributed by atoms with Crippen LogP contribution in [0.15, 0.2) is 41.9 Å². The Labute approximate surface area is 108 Å². The van der Waals surface area contributed by atoms with Crippen LogP contribution in [0.5, 0.6) is 0 Å². The van der Waals surface area contributed by atoms with Gasteiger partial charge in [0.2, 0.25) is 0 Å². The highest BCUT2D eigenvalue weighted by Gasteiger charge is 2.07. The Morgan fingerprint density at radius 3 is 3.06 bits per heavy atom. The molecule has 0 fully saturated rings. The first-order valence-electron chi connectivity index (χ1n) is 5.51.